The molecule has 2 heterocycles. The van der Waals surface area contributed by atoms with Gasteiger partial charge in [-0.05, 0) is 24.3 Å². The van der Waals surface area contributed by atoms with Crippen LogP contribution in [0, 0.1) is 0 Å². The largest absolute Gasteiger partial charge is 0.244 e. The second-order valence-corrected chi connectivity index (χ2v) is 7.19. The number of hydrogen-bond acceptors (Lipinski definition) is 4. The van der Waals surface area contributed by atoms with Crippen molar-refractivity contribution < 1.29 is 0 Å². The van der Waals surface area contributed by atoms with E-state index in [1.54, 1.807) is 0 Å². The standard InChI is InChI=1S/C26H16N4/c1-3-9-17(10-4-1)25-26(18-11-5-2-6-12-18)30-24-16-22-21(15-23(24)29-25)27-19-13-7-8-14-20(19)28-22/h1-16H. The highest BCUT2D eigenvalue weighted by Gasteiger charge is 2.14. The van der Waals surface area contributed by atoms with Crippen LogP contribution in [0.2, 0.25) is 0 Å². The predicted octanol–water partition coefficient (Wildman–Crippen LogP) is 6.06. The molecule has 2 aromatic heterocycles. The number of para-hydroxylation sites is 2. The summed E-state index contributed by atoms with van der Waals surface area (Å²) in [6.45, 7) is 0. The maximum atomic E-state index is 5.02. The molecule has 0 atom stereocenters. The molecule has 6 rings (SSSR count). The first-order chi connectivity index (χ1) is 14.8. The molecule has 0 amide bonds. The molecule has 6 aromatic rings. The average Bonchev–Trinajstić information content (AvgIpc) is 2.81. The van der Waals surface area contributed by atoms with E-state index in [2.05, 4.69) is 24.3 Å². The monoisotopic (exact) mass is 384 g/mol. The zero-order valence-corrected chi connectivity index (χ0v) is 16.0. The minimum absolute atomic E-state index is 0.811. The Bertz CT molecular complexity index is 1410. The Labute approximate surface area is 172 Å². The summed E-state index contributed by atoms with van der Waals surface area (Å²) in [6, 6.07) is 32.2. The van der Waals surface area contributed by atoms with Crippen LogP contribution >= 0.6 is 0 Å². The molecule has 0 spiro atoms. The van der Waals surface area contributed by atoms with Crippen molar-refractivity contribution in [3.05, 3.63) is 97.1 Å². The Morgan fingerprint density at radius 2 is 0.700 bits per heavy atom. The van der Waals surface area contributed by atoms with Crippen LogP contribution in [0.1, 0.15) is 0 Å². The van der Waals surface area contributed by atoms with Gasteiger partial charge < -0.3 is 0 Å². The summed E-state index contributed by atoms with van der Waals surface area (Å²) in [4.78, 5) is 19.6. The van der Waals surface area contributed by atoms with Crippen molar-refractivity contribution in [2.75, 3.05) is 0 Å². The summed E-state index contributed by atoms with van der Waals surface area (Å²) in [5.74, 6) is 0. The fourth-order valence-electron chi connectivity index (χ4n) is 3.77. The number of fused-ring (bicyclic) bond motifs is 3. The molecule has 0 bridgehead atoms. The normalized spacial score (nSPS) is 11.3. The van der Waals surface area contributed by atoms with Gasteiger partial charge in [0.25, 0.3) is 0 Å². The van der Waals surface area contributed by atoms with E-state index in [0.29, 0.717) is 0 Å². The first kappa shape index (κ1) is 16.7. The second kappa shape index (κ2) is 6.71. The molecule has 0 saturated carbocycles. The molecule has 4 heteroatoms. The van der Waals surface area contributed by atoms with E-state index in [4.69, 9.17) is 19.9 Å². The molecule has 0 aliphatic carbocycles. The van der Waals surface area contributed by atoms with Gasteiger partial charge in [0.15, 0.2) is 0 Å². The molecule has 30 heavy (non-hydrogen) atoms. The van der Waals surface area contributed by atoms with Crippen molar-refractivity contribution in [2.24, 2.45) is 0 Å². The van der Waals surface area contributed by atoms with E-state index in [9.17, 15) is 0 Å². The third-order valence-electron chi connectivity index (χ3n) is 5.22. The van der Waals surface area contributed by atoms with Crippen LogP contribution in [0.3, 0.4) is 0 Å². The van der Waals surface area contributed by atoms with Crippen LogP contribution in [0.4, 0.5) is 0 Å². The maximum Gasteiger partial charge on any atom is 0.0973 e. The molecule has 0 aliphatic heterocycles. The van der Waals surface area contributed by atoms with Crippen LogP contribution in [0.5, 0.6) is 0 Å². The number of benzene rings is 4. The third-order valence-corrected chi connectivity index (χ3v) is 5.22. The second-order valence-electron chi connectivity index (χ2n) is 7.19. The zero-order valence-electron chi connectivity index (χ0n) is 16.0. The Morgan fingerprint density at radius 1 is 0.333 bits per heavy atom. The summed E-state index contributed by atoms with van der Waals surface area (Å²) in [6.07, 6.45) is 0. The van der Waals surface area contributed by atoms with Gasteiger partial charge in [-0.25, -0.2) is 19.9 Å². The lowest BCUT2D eigenvalue weighted by atomic mass is 10.0. The highest BCUT2D eigenvalue weighted by Crippen LogP contribution is 2.32. The minimum atomic E-state index is 0.811. The molecular formula is C26H16N4. The zero-order chi connectivity index (χ0) is 19.9. The molecule has 0 aliphatic rings. The lowest BCUT2D eigenvalue weighted by Crippen LogP contribution is -1.96. The molecule has 140 valence electrons. The smallest absolute Gasteiger partial charge is 0.0973 e. The van der Waals surface area contributed by atoms with Crippen LogP contribution in [-0.2, 0) is 0 Å². The van der Waals surface area contributed by atoms with Gasteiger partial charge in [-0.15, -0.1) is 0 Å². The fourth-order valence-corrected chi connectivity index (χ4v) is 3.77. The van der Waals surface area contributed by atoms with Crippen molar-refractivity contribution in [3.63, 3.8) is 0 Å². The molecule has 0 unspecified atom stereocenters. The van der Waals surface area contributed by atoms with E-state index >= 15 is 0 Å². The number of aromatic nitrogens is 4. The number of nitrogens with zero attached hydrogens (tertiary/aromatic N) is 4. The summed E-state index contributed by atoms with van der Waals surface area (Å²) in [5, 5.41) is 0. The predicted molar refractivity (Wildman–Crippen MR) is 121 cm³/mol. The Morgan fingerprint density at radius 3 is 1.13 bits per heavy atom. The molecular weight excluding hydrogens is 368 g/mol. The summed E-state index contributed by atoms with van der Waals surface area (Å²) >= 11 is 0. The van der Waals surface area contributed by atoms with E-state index < -0.39 is 0 Å². The number of rotatable bonds is 2. The lowest BCUT2D eigenvalue weighted by molar-refractivity contribution is 1.29. The van der Waals surface area contributed by atoms with Crippen molar-refractivity contribution in [2.45, 2.75) is 0 Å². The summed E-state index contributed by atoms with van der Waals surface area (Å²) in [5.41, 5.74) is 8.82. The molecule has 0 fully saturated rings. The summed E-state index contributed by atoms with van der Waals surface area (Å²) in [7, 11) is 0. The van der Waals surface area contributed by atoms with Crippen molar-refractivity contribution >= 4 is 33.1 Å². The topological polar surface area (TPSA) is 51.6 Å². The van der Waals surface area contributed by atoms with Gasteiger partial charge in [0, 0.05) is 11.1 Å². The first-order valence-electron chi connectivity index (χ1n) is 9.84. The van der Waals surface area contributed by atoms with Crippen LogP contribution < -0.4 is 0 Å². The summed E-state index contributed by atoms with van der Waals surface area (Å²) < 4.78 is 0. The van der Waals surface area contributed by atoms with E-state index in [1.807, 2.05) is 72.8 Å². The van der Waals surface area contributed by atoms with Gasteiger partial charge in [0.05, 0.1) is 44.5 Å². The Kier molecular flexibility index (Phi) is 3.74. The lowest BCUT2D eigenvalue weighted by Gasteiger charge is -2.11. The van der Waals surface area contributed by atoms with Gasteiger partial charge in [-0.3, -0.25) is 0 Å². The van der Waals surface area contributed by atoms with Gasteiger partial charge in [0.1, 0.15) is 0 Å². The van der Waals surface area contributed by atoms with E-state index in [1.165, 1.54) is 0 Å². The molecule has 4 nitrogen and oxygen atoms in total. The molecule has 0 radical (unpaired) electrons. The van der Waals surface area contributed by atoms with Gasteiger partial charge in [-0.2, -0.15) is 0 Å². The van der Waals surface area contributed by atoms with E-state index in [-0.39, 0.29) is 0 Å². The van der Waals surface area contributed by atoms with Crippen molar-refractivity contribution in [1.82, 2.24) is 19.9 Å². The molecule has 0 N–H and O–H groups in total. The van der Waals surface area contributed by atoms with Gasteiger partial charge in [-0.1, -0.05) is 72.8 Å². The average molecular weight is 384 g/mol. The quantitative estimate of drug-likeness (QED) is 0.341. The van der Waals surface area contributed by atoms with Gasteiger partial charge >= 0.3 is 0 Å². The molecule has 0 saturated heterocycles. The highest BCUT2D eigenvalue weighted by molar-refractivity contribution is 5.96. The Hall–Kier alpha value is -4.18. The Balaban J connectivity index is 1.68. The van der Waals surface area contributed by atoms with Crippen LogP contribution in [-0.4, -0.2) is 19.9 Å². The minimum Gasteiger partial charge on any atom is -0.244 e. The molecule has 4 aromatic carbocycles. The van der Waals surface area contributed by atoms with E-state index in [0.717, 1.165) is 55.6 Å². The maximum absolute atomic E-state index is 5.02. The number of hydrogen-bond donors (Lipinski definition) is 0. The van der Waals surface area contributed by atoms with Crippen LogP contribution in [0.15, 0.2) is 97.1 Å². The SMILES string of the molecule is c1ccc(-c2nc3cc4nc5ccccc5nc4cc3nc2-c2ccccc2)cc1. The van der Waals surface area contributed by atoms with Gasteiger partial charge in [0.2, 0.25) is 0 Å². The fraction of sp³-hybridized carbons (Fsp3) is 0. The van der Waals surface area contributed by atoms with Crippen molar-refractivity contribution in [3.8, 4) is 22.5 Å². The first-order valence-corrected chi connectivity index (χ1v) is 9.84. The van der Waals surface area contributed by atoms with Crippen LogP contribution in [0.25, 0.3) is 55.6 Å². The highest BCUT2D eigenvalue weighted by atomic mass is 14.9. The third kappa shape index (κ3) is 2.78. The van der Waals surface area contributed by atoms with Crippen molar-refractivity contribution in [1.29, 1.82) is 0 Å².